The monoisotopic (exact) mass is 1130 g/mol. The van der Waals surface area contributed by atoms with Gasteiger partial charge in [-0.1, -0.05) is 90.6 Å². The predicted octanol–water partition coefficient (Wildman–Crippen LogP) is 11.0. The average Bonchev–Trinajstić information content (AvgIpc) is 4.23. The van der Waals surface area contributed by atoms with Crippen molar-refractivity contribution in [2.24, 2.45) is 0 Å². The van der Waals surface area contributed by atoms with E-state index >= 15 is 0 Å². The zero-order valence-corrected chi connectivity index (χ0v) is 49.9. The van der Waals surface area contributed by atoms with Crippen LogP contribution in [0.5, 0.6) is 0 Å². The summed E-state index contributed by atoms with van der Waals surface area (Å²) in [4.78, 5) is 53.5. The number of hydrogen-bond acceptors (Lipinski definition) is 12. The normalized spacial score (nSPS) is 15.3. The molecule has 11 rings (SSSR count). The summed E-state index contributed by atoms with van der Waals surface area (Å²) in [5.74, 6) is -0.705. The molecular formula is C67H79BN8O8. The number of carbonyl (C=O) groups is 4. The van der Waals surface area contributed by atoms with Crippen molar-refractivity contribution in [2.75, 3.05) is 27.3 Å². The highest BCUT2D eigenvalue weighted by Crippen LogP contribution is 2.39. The van der Waals surface area contributed by atoms with E-state index in [0.29, 0.717) is 25.2 Å². The average molecular weight is 1140 g/mol. The number of fused-ring (bicyclic) bond motifs is 4. The predicted molar refractivity (Wildman–Crippen MR) is 330 cm³/mol. The number of carbonyl (C=O) groups excluding carboxylic acids is 4. The highest BCUT2D eigenvalue weighted by Gasteiger charge is 2.52. The zero-order valence-electron chi connectivity index (χ0n) is 49.9. The number of amides is 2. The Morgan fingerprint density at radius 3 is 1.65 bits per heavy atom. The molecule has 1 atom stereocenters. The zero-order chi connectivity index (χ0) is 59.3. The third kappa shape index (κ3) is 12.9. The van der Waals surface area contributed by atoms with Crippen molar-refractivity contribution >= 4 is 64.5 Å². The maximum absolute atomic E-state index is 13.2. The van der Waals surface area contributed by atoms with Crippen LogP contribution in [0.4, 0.5) is 0 Å². The van der Waals surface area contributed by atoms with Crippen LogP contribution in [0.1, 0.15) is 143 Å². The van der Waals surface area contributed by atoms with Crippen LogP contribution in [0.25, 0.3) is 28.1 Å². The third-order valence-corrected chi connectivity index (χ3v) is 16.8. The van der Waals surface area contributed by atoms with Crippen LogP contribution in [0.3, 0.4) is 0 Å². The largest absolute Gasteiger partial charge is 0.494 e. The van der Waals surface area contributed by atoms with E-state index in [-0.39, 0.29) is 61.8 Å². The molecule has 0 spiro atoms. The standard InChI is InChI=1S/C30H32N4O3.C23H28BNO3.C13H15N3O2.CH4/c1-5-34-27-12-11-25(20(3)29(27)31-32-34)26(17-28(35)37-4)22-15-19(2)24-13-14-33(18-23(24)16-22)30(36)21-9-7-6-8-10-21;1-16-13-19(24-27-22(2,3)23(4,5)28-24)14-18-15-25(12-11-20(16)18)21(26)17-9-7-6-8-10-17;1-4-16-11-7-5-10(6-8-12(17)18-3)9(2)13(11)14-15-16;/h6-12,15-16,26H,5,13-14,17-18H2,1-4H3;6-10,13-14H,11-12,15H2,1-5H3;5-8H,4H2,1-3H3;1H4/b;;8-6+;. The molecule has 0 saturated carbocycles. The van der Waals surface area contributed by atoms with E-state index in [9.17, 15) is 19.2 Å². The first-order valence-electron chi connectivity index (χ1n) is 28.5. The first-order chi connectivity index (χ1) is 39.8. The van der Waals surface area contributed by atoms with Gasteiger partial charge in [0.1, 0.15) is 11.0 Å². The Hall–Kier alpha value is -8.28. The number of benzene rings is 6. The molecule has 438 valence electrons. The smallest absolute Gasteiger partial charge is 0.469 e. The molecular weight excluding hydrogens is 1060 g/mol. The van der Waals surface area contributed by atoms with Gasteiger partial charge >= 0.3 is 19.1 Å². The molecule has 1 unspecified atom stereocenters. The number of aromatic nitrogens is 6. The van der Waals surface area contributed by atoms with Gasteiger partial charge in [-0.2, -0.15) is 0 Å². The number of methoxy groups -OCH3 is 2. The number of aryl methyl sites for hydroxylation is 6. The Balaban J connectivity index is 0.000000173. The summed E-state index contributed by atoms with van der Waals surface area (Å²) in [5.41, 5.74) is 17.9. The molecule has 0 radical (unpaired) electrons. The van der Waals surface area contributed by atoms with Gasteiger partial charge in [-0.15, -0.1) is 10.2 Å². The highest BCUT2D eigenvalue weighted by molar-refractivity contribution is 6.62. The minimum Gasteiger partial charge on any atom is -0.469 e. The molecule has 5 heterocycles. The summed E-state index contributed by atoms with van der Waals surface area (Å²) >= 11 is 0. The van der Waals surface area contributed by atoms with Crippen LogP contribution < -0.4 is 5.46 Å². The third-order valence-electron chi connectivity index (χ3n) is 16.8. The van der Waals surface area contributed by atoms with Gasteiger partial charge in [0.05, 0.1) is 42.9 Å². The summed E-state index contributed by atoms with van der Waals surface area (Å²) < 4.78 is 25.8. The van der Waals surface area contributed by atoms with E-state index in [4.69, 9.17) is 14.0 Å². The maximum Gasteiger partial charge on any atom is 0.494 e. The number of nitrogens with zero attached hydrogens (tertiary/aromatic N) is 8. The van der Waals surface area contributed by atoms with Crippen molar-refractivity contribution in [3.63, 3.8) is 0 Å². The highest BCUT2D eigenvalue weighted by atomic mass is 16.7. The van der Waals surface area contributed by atoms with E-state index in [2.05, 4.69) is 97.2 Å². The lowest BCUT2D eigenvalue weighted by Gasteiger charge is -2.32. The van der Waals surface area contributed by atoms with E-state index in [0.717, 1.165) is 98.9 Å². The first kappa shape index (κ1) is 61.8. The van der Waals surface area contributed by atoms with Gasteiger partial charge < -0.3 is 28.6 Å². The van der Waals surface area contributed by atoms with Gasteiger partial charge in [0.15, 0.2) is 0 Å². The SMILES string of the molecule is C.CCn1nnc2c(C)c(/C=C/C(=O)OC)ccc21.CCn1nnc2c(C)c(C(CC(=O)OC)c3cc(C)c4c(c3)CN(C(=O)c3ccccc3)CC4)ccc21.Cc1cc(B2OC(C)(C)C(C)(C)O2)cc2c1CCN(C(=O)c1ccccc1)C2. The number of ether oxygens (including phenoxy) is 2. The minimum absolute atomic E-state index is 0. The first-order valence-corrected chi connectivity index (χ1v) is 28.5. The maximum atomic E-state index is 13.2. The van der Waals surface area contributed by atoms with Crippen molar-refractivity contribution in [3.05, 3.63) is 188 Å². The summed E-state index contributed by atoms with van der Waals surface area (Å²) in [7, 11) is 2.40. The topological polar surface area (TPSA) is 173 Å². The van der Waals surface area contributed by atoms with Crippen LogP contribution in [0, 0.1) is 27.7 Å². The Morgan fingerprint density at radius 1 is 0.643 bits per heavy atom. The van der Waals surface area contributed by atoms with Gasteiger partial charge in [-0.3, -0.25) is 14.4 Å². The van der Waals surface area contributed by atoms with Gasteiger partial charge in [0.25, 0.3) is 11.8 Å². The lowest BCUT2D eigenvalue weighted by molar-refractivity contribution is -0.141. The van der Waals surface area contributed by atoms with Crippen molar-refractivity contribution in [1.29, 1.82) is 0 Å². The fourth-order valence-corrected chi connectivity index (χ4v) is 11.4. The van der Waals surface area contributed by atoms with Crippen LogP contribution in [0.2, 0.25) is 0 Å². The Morgan fingerprint density at radius 2 is 1.14 bits per heavy atom. The lowest BCUT2D eigenvalue weighted by Crippen LogP contribution is -2.41. The molecule has 0 aliphatic carbocycles. The number of esters is 2. The molecule has 0 N–H and O–H groups in total. The fraction of sp³-hybridized carbons (Fsp3) is 0.373. The van der Waals surface area contributed by atoms with E-state index in [1.54, 1.807) is 6.08 Å². The van der Waals surface area contributed by atoms with Crippen molar-refractivity contribution in [2.45, 2.75) is 139 Å². The molecule has 0 bridgehead atoms. The van der Waals surface area contributed by atoms with Crippen LogP contribution in [0.15, 0.2) is 115 Å². The molecule has 17 heteroatoms. The second kappa shape index (κ2) is 26.1. The molecule has 8 aromatic rings. The van der Waals surface area contributed by atoms with Crippen LogP contribution in [-0.4, -0.2) is 109 Å². The fourth-order valence-electron chi connectivity index (χ4n) is 11.4. The Bertz CT molecular complexity index is 3730. The molecule has 1 saturated heterocycles. The molecule has 2 amide bonds. The molecule has 3 aliphatic rings. The van der Waals surface area contributed by atoms with Crippen LogP contribution in [-0.2, 0) is 67.4 Å². The summed E-state index contributed by atoms with van der Waals surface area (Å²) in [6.07, 6.45) is 5.04. The molecule has 2 aromatic heterocycles. The second-order valence-corrected chi connectivity index (χ2v) is 22.5. The van der Waals surface area contributed by atoms with Crippen molar-refractivity contribution in [1.82, 2.24) is 39.8 Å². The summed E-state index contributed by atoms with van der Waals surface area (Å²) in [6, 6.07) is 35.7. The lowest BCUT2D eigenvalue weighted by atomic mass is 9.75. The van der Waals surface area contributed by atoms with Crippen molar-refractivity contribution in [3.8, 4) is 0 Å². The van der Waals surface area contributed by atoms with Crippen molar-refractivity contribution < 1.29 is 38.0 Å². The number of rotatable bonds is 11. The Kier molecular flexibility index (Phi) is 19.2. The summed E-state index contributed by atoms with van der Waals surface area (Å²) in [6.45, 7) is 24.7. The molecule has 6 aromatic carbocycles. The van der Waals surface area contributed by atoms with Crippen LogP contribution >= 0.6 is 0 Å². The van der Waals surface area contributed by atoms with E-state index in [1.807, 2.05) is 126 Å². The van der Waals surface area contributed by atoms with Gasteiger partial charge in [-0.25, -0.2) is 14.2 Å². The van der Waals surface area contributed by atoms with Gasteiger partial charge in [0, 0.05) is 62.4 Å². The minimum atomic E-state index is -0.380. The number of hydrogen-bond donors (Lipinski definition) is 0. The van der Waals surface area contributed by atoms with E-state index < -0.39 is 0 Å². The van der Waals surface area contributed by atoms with Gasteiger partial charge in [-0.05, 0) is 191 Å². The second-order valence-electron chi connectivity index (χ2n) is 22.5. The van der Waals surface area contributed by atoms with Gasteiger partial charge in [0.2, 0.25) is 0 Å². The molecule has 16 nitrogen and oxygen atoms in total. The molecule has 1 fully saturated rings. The summed E-state index contributed by atoms with van der Waals surface area (Å²) in [5, 5.41) is 16.9. The Labute approximate surface area is 494 Å². The van der Waals surface area contributed by atoms with E-state index in [1.165, 1.54) is 48.1 Å². The quantitative estimate of drug-likeness (QED) is 0.0682. The molecule has 84 heavy (non-hydrogen) atoms. The molecule has 3 aliphatic heterocycles.